The van der Waals surface area contributed by atoms with E-state index in [1.165, 1.54) is 22.1 Å². The van der Waals surface area contributed by atoms with E-state index in [1.807, 2.05) is 6.07 Å². The van der Waals surface area contributed by atoms with E-state index in [0.29, 0.717) is 6.54 Å². The van der Waals surface area contributed by atoms with Gasteiger partial charge in [0.05, 0.1) is 5.69 Å². The molecule has 0 radical (unpaired) electrons. The number of hydrogen-bond donors (Lipinski definition) is 3. The molecule has 0 saturated heterocycles. The summed E-state index contributed by atoms with van der Waals surface area (Å²) in [5.74, 6) is 0. The van der Waals surface area contributed by atoms with E-state index >= 15 is 0 Å². The van der Waals surface area contributed by atoms with Crippen molar-refractivity contribution in [3.8, 4) is 0 Å². The largest absolute Gasteiger partial charge is 0.507 e. The number of carboxylic acid groups (broad SMARTS) is 1. The first-order chi connectivity index (χ1) is 9.08. The highest BCUT2D eigenvalue weighted by atomic mass is 16.7. The Hall–Kier alpha value is -2.01. The molecule has 1 aliphatic heterocycles. The highest BCUT2D eigenvalue weighted by Crippen LogP contribution is 2.33. The van der Waals surface area contributed by atoms with Crippen LogP contribution in [-0.4, -0.2) is 22.8 Å². The van der Waals surface area contributed by atoms with E-state index in [0.717, 1.165) is 17.6 Å². The third-order valence-electron chi connectivity index (χ3n) is 3.82. The third-order valence-corrected chi connectivity index (χ3v) is 3.82. The van der Waals surface area contributed by atoms with Gasteiger partial charge in [-0.2, -0.15) is 0 Å². The maximum Gasteiger partial charge on any atom is 0.507 e. The summed E-state index contributed by atoms with van der Waals surface area (Å²) in [6, 6.07) is 4.11. The molecule has 0 saturated carbocycles. The molecule has 0 spiro atoms. The predicted octanol–water partition coefficient (Wildman–Crippen LogP) is 2.62. The van der Waals surface area contributed by atoms with Crippen molar-refractivity contribution in [2.75, 3.05) is 6.54 Å². The lowest BCUT2D eigenvalue weighted by atomic mass is 9.98. The Morgan fingerprint density at radius 1 is 1.42 bits per heavy atom. The topological polar surface area (TPSA) is 74.3 Å². The Morgan fingerprint density at radius 3 is 2.95 bits per heavy atom. The number of aromatic nitrogens is 1. The summed E-state index contributed by atoms with van der Waals surface area (Å²) in [4.78, 5) is 14.0. The van der Waals surface area contributed by atoms with E-state index in [1.54, 1.807) is 0 Å². The monoisotopic (exact) mass is 260 g/mol. The molecular formula is C14H16N2O3. The van der Waals surface area contributed by atoms with E-state index in [4.69, 9.17) is 9.84 Å². The number of nitrogens with one attached hydrogen (secondary N) is 2. The van der Waals surface area contributed by atoms with E-state index < -0.39 is 12.4 Å². The second kappa shape index (κ2) is 4.28. The van der Waals surface area contributed by atoms with Crippen molar-refractivity contribution < 1.29 is 14.6 Å². The first-order valence-electron chi connectivity index (χ1n) is 6.31. The van der Waals surface area contributed by atoms with Crippen LogP contribution >= 0.6 is 0 Å². The van der Waals surface area contributed by atoms with Crippen molar-refractivity contribution in [3.05, 3.63) is 34.5 Å². The van der Waals surface area contributed by atoms with Crippen LogP contribution in [0.4, 0.5) is 4.79 Å². The number of fused-ring (bicyclic) bond motifs is 3. The Bertz CT molecular complexity index is 660. The maximum absolute atomic E-state index is 10.7. The first-order valence-corrected chi connectivity index (χ1v) is 6.31. The van der Waals surface area contributed by atoms with E-state index in [-0.39, 0.29) is 0 Å². The molecule has 1 unspecified atom stereocenters. The van der Waals surface area contributed by atoms with Crippen molar-refractivity contribution in [3.63, 3.8) is 0 Å². The zero-order chi connectivity index (χ0) is 13.6. The summed E-state index contributed by atoms with van der Waals surface area (Å²) in [6.45, 7) is 4.90. The fourth-order valence-corrected chi connectivity index (χ4v) is 2.78. The van der Waals surface area contributed by atoms with Crippen LogP contribution in [0.2, 0.25) is 0 Å². The van der Waals surface area contributed by atoms with Gasteiger partial charge in [0.15, 0.2) is 6.23 Å². The predicted molar refractivity (Wildman–Crippen MR) is 71.3 cm³/mol. The van der Waals surface area contributed by atoms with Gasteiger partial charge in [-0.25, -0.2) is 4.79 Å². The van der Waals surface area contributed by atoms with Crippen LogP contribution in [0.5, 0.6) is 0 Å². The van der Waals surface area contributed by atoms with Crippen molar-refractivity contribution in [2.24, 2.45) is 0 Å². The molecule has 5 heteroatoms. The Balaban J connectivity index is 2.18. The number of aryl methyl sites for hydroxylation is 2. The zero-order valence-corrected chi connectivity index (χ0v) is 10.9. The average molecular weight is 260 g/mol. The summed E-state index contributed by atoms with van der Waals surface area (Å²) in [5.41, 5.74) is 5.52. The van der Waals surface area contributed by atoms with Crippen molar-refractivity contribution in [2.45, 2.75) is 26.5 Å². The maximum atomic E-state index is 10.7. The first kappa shape index (κ1) is 12.0. The smallest absolute Gasteiger partial charge is 0.450 e. The third kappa shape index (κ3) is 1.86. The number of carbonyl (C=O) groups is 1. The minimum atomic E-state index is -1.27. The molecule has 1 aromatic carbocycles. The lowest BCUT2D eigenvalue weighted by molar-refractivity contribution is 0.0316. The molecule has 0 aliphatic carbocycles. The summed E-state index contributed by atoms with van der Waals surface area (Å²) in [5, 5.41) is 13.1. The number of rotatable bonds is 1. The molecule has 1 atom stereocenters. The fourth-order valence-electron chi connectivity index (χ4n) is 2.78. The van der Waals surface area contributed by atoms with Crippen LogP contribution in [0.15, 0.2) is 12.1 Å². The molecule has 0 amide bonds. The van der Waals surface area contributed by atoms with E-state index in [9.17, 15) is 4.79 Å². The molecule has 19 heavy (non-hydrogen) atoms. The van der Waals surface area contributed by atoms with E-state index in [2.05, 4.69) is 30.2 Å². The molecule has 1 aliphatic rings. The molecule has 2 heterocycles. The standard InChI is InChI=1S/C14H16N2O3/c1-7-3-4-10-11(8(7)2)9-5-6-15-13(12(9)16-10)19-14(17)18/h3-4,13,15-16H,5-6H2,1-2H3,(H,17,18). The number of H-pyrrole nitrogens is 1. The van der Waals surface area contributed by atoms with Crippen molar-refractivity contribution in [1.29, 1.82) is 0 Å². The van der Waals surface area contributed by atoms with Crippen LogP contribution in [0.3, 0.4) is 0 Å². The van der Waals surface area contributed by atoms with Gasteiger partial charge < -0.3 is 14.8 Å². The minimum Gasteiger partial charge on any atom is -0.450 e. The second-order valence-corrected chi connectivity index (χ2v) is 4.92. The Morgan fingerprint density at radius 2 is 2.21 bits per heavy atom. The van der Waals surface area contributed by atoms with Gasteiger partial charge in [-0.15, -0.1) is 0 Å². The molecule has 0 fully saturated rings. The van der Waals surface area contributed by atoms with Crippen LogP contribution < -0.4 is 5.32 Å². The normalized spacial score (nSPS) is 18.3. The summed E-state index contributed by atoms with van der Waals surface area (Å²) >= 11 is 0. The van der Waals surface area contributed by atoms with Crippen LogP contribution in [0.25, 0.3) is 10.9 Å². The molecule has 5 nitrogen and oxygen atoms in total. The highest BCUT2D eigenvalue weighted by Gasteiger charge is 2.27. The molecule has 1 aromatic heterocycles. The quantitative estimate of drug-likeness (QED) is 0.689. The van der Waals surface area contributed by atoms with Crippen LogP contribution in [-0.2, 0) is 11.2 Å². The second-order valence-electron chi connectivity index (χ2n) is 4.92. The van der Waals surface area contributed by atoms with Crippen molar-refractivity contribution in [1.82, 2.24) is 10.3 Å². The van der Waals surface area contributed by atoms with Gasteiger partial charge in [0, 0.05) is 17.4 Å². The number of ether oxygens (including phenoxy) is 1. The Kier molecular flexibility index (Phi) is 2.71. The highest BCUT2D eigenvalue weighted by molar-refractivity contribution is 5.89. The van der Waals surface area contributed by atoms with Gasteiger partial charge in [0.25, 0.3) is 0 Å². The molecule has 3 N–H and O–H groups in total. The van der Waals surface area contributed by atoms with Gasteiger partial charge in [-0.05, 0) is 43.0 Å². The van der Waals surface area contributed by atoms with Gasteiger partial charge >= 0.3 is 6.16 Å². The minimum absolute atomic E-state index is 0.603. The number of benzene rings is 1. The molecule has 0 bridgehead atoms. The number of aromatic amines is 1. The van der Waals surface area contributed by atoms with Gasteiger partial charge in [0.1, 0.15) is 0 Å². The summed E-state index contributed by atoms with van der Waals surface area (Å²) in [7, 11) is 0. The van der Waals surface area contributed by atoms with Gasteiger partial charge in [0.2, 0.25) is 0 Å². The summed E-state index contributed by atoms with van der Waals surface area (Å²) in [6.07, 6.45) is -0.996. The van der Waals surface area contributed by atoms with Crippen LogP contribution in [0, 0.1) is 13.8 Å². The molecule has 3 rings (SSSR count). The lowest BCUT2D eigenvalue weighted by Crippen LogP contribution is -2.32. The van der Waals surface area contributed by atoms with Gasteiger partial charge in [-0.3, -0.25) is 5.32 Å². The lowest BCUT2D eigenvalue weighted by Gasteiger charge is -2.23. The average Bonchev–Trinajstić information content (AvgIpc) is 2.74. The van der Waals surface area contributed by atoms with Gasteiger partial charge in [-0.1, -0.05) is 6.07 Å². The zero-order valence-electron chi connectivity index (χ0n) is 10.9. The Labute approximate surface area is 110 Å². The molecule has 2 aromatic rings. The van der Waals surface area contributed by atoms with Crippen LogP contribution in [0.1, 0.15) is 28.6 Å². The fraction of sp³-hybridized carbons (Fsp3) is 0.357. The SMILES string of the molecule is Cc1ccc2[nH]c3c(c2c1C)CCNC3OC(=O)O. The molecule has 100 valence electrons. The summed E-state index contributed by atoms with van der Waals surface area (Å²) < 4.78 is 4.89. The van der Waals surface area contributed by atoms with Crippen molar-refractivity contribution >= 4 is 17.1 Å². The number of hydrogen-bond acceptors (Lipinski definition) is 3. The molecular weight excluding hydrogens is 244 g/mol.